The Morgan fingerprint density at radius 3 is 2.41 bits per heavy atom. The average Bonchev–Trinajstić information content (AvgIpc) is 3.27. The molecule has 0 atom stereocenters. The van der Waals surface area contributed by atoms with E-state index in [0.29, 0.717) is 6.07 Å². The van der Waals surface area contributed by atoms with Crippen LogP contribution in [0.4, 0.5) is 36.4 Å². The van der Waals surface area contributed by atoms with Crippen LogP contribution in [0.1, 0.15) is 53.5 Å². The van der Waals surface area contributed by atoms with Gasteiger partial charge in [0.05, 0.1) is 11.4 Å². The van der Waals surface area contributed by atoms with Crippen LogP contribution in [0.2, 0.25) is 0 Å². The van der Waals surface area contributed by atoms with Crippen LogP contribution in [0.25, 0.3) is 11.1 Å². The minimum absolute atomic E-state index is 0.000681. The number of halogens is 7. The molecule has 1 fully saturated rings. The van der Waals surface area contributed by atoms with Crippen molar-refractivity contribution in [1.29, 1.82) is 0 Å². The van der Waals surface area contributed by atoms with Gasteiger partial charge in [0.1, 0.15) is 17.3 Å². The third-order valence-corrected chi connectivity index (χ3v) is 5.66. The smallest absolute Gasteiger partial charge is 0.318 e. The molecule has 0 radical (unpaired) electrons. The Morgan fingerprint density at radius 1 is 1.06 bits per heavy atom. The zero-order valence-corrected chi connectivity index (χ0v) is 17.3. The molecule has 0 aliphatic heterocycles. The third-order valence-electron chi connectivity index (χ3n) is 5.66. The molecule has 2 heterocycles. The second-order valence-corrected chi connectivity index (χ2v) is 7.99. The van der Waals surface area contributed by atoms with Crippen molar-refractivity contribution in [2.45, 2.75) is 43.7 Å². The van der Waals surface area contributed by atoms with Gasteiger partial charge >= 0.3 is 6.18 Å². The van der Waals surface area contributed by atoms with Gasteiger partial charge in [0, 0.05) is 42.1 Å². The number of carbonyl (C=O) groups excluding carboxylic acids is 1. The van der Waals surface area contributed by atoms with E-state index in [1.54, 1.807) is 5.10 Å². The summed E-state index contributed by atoms with van der Waals surface area (Å²) in [6, 6.07) is 4.44. The summed E-state index contributed by atoms with van der Waals surface area (Å²) in [7, 11) is 0. The summed E-state index contributed by atoms with van der Waals surface area (Å²) in [5.74, 6) is -6.07. The lowest BCUT2D eigenvalue weighted by Gasteiger charge is -2.29. The molecule has 12 heteroatoms. The fourth-order valence-corrected chi connectivity index (χ4v) is 3.92. The van der Waals surface area contributed by atoms with Crippen molar-refractivity contribution in [1.82, 2.24) is 15.2 Å². The largest absolute Gasteiger partial charge is 0.432 e. The molecule has 2 N–H and O–H groups in total. The number of aromatic amines is 1. The van der Waals surface area contributed by atoms with E-state index in [1.807, 2.05) is 0 Å². The fourth-order valence-electron chi connectivity index (χ4n) is 3.92. The molecule has 3 aromatic rings. The van der Waals surface area contributed by atoms with E-state index < -0.39 is 59.8 Å². The number of carbonyl (C=O) groups is 1. The number of benzene rings is 1. The number of nitrogens with one attached hydrogen (secondary N) is 2. The lowest BCUT2D eigenvalue weighted by Crippen LogP contribution is -2.25. The molecule has 5 nitrogen and oxygen atoms in total. The van der Waals surface area contributed by atoms with Gasteiger partial charge in [0.15, 0.2) is 5.69 Å². The van der Waals surface area contributed by atoms with Gasteiger partial charge in [-0.2, -0.15) is 18.3 Å². The molecule has 1 saturated carbocycles. The van der Waals surface area contributed by atoms with Gasteiger partial charge in [-0.25, -0.2) is 17.6 Å². The Morgan fingerprint density at radius 2 is 1.76 bits per heavy atom. The molecule has 4 rings (SSSR count). The van der Waals surface area contributed by atoms with Crippen molar-refractivity contribution in [2.24, 2.45) is 0 Å². The highest BCUT2D eigenvalue weighted by Crippen LogP contribution is 2.44. The zero-order chi connectivity index (χ0) is 24.7. The van der Waals surface area contributed by atoms with E-state index >= 15 is 0 Å². The number of alkyl halides is 5. The van der Waals surface area contributed by atoms with Crippen LogP contribution in [0.5, 0.6) is 0 Å². The Kier molecular flexibility index (Phi) is 6.09. The van der Waals surface area contributed by atoms with Crippen molar-refractivity contribution < 1.29 is 35.5 Å². The van der Waals surface area contributed by atoms with Crippen LogP contribution in [0.15, 0.2) is 36.5 Å². The van der Waals surface area contributed by atoms with Crippen LogP contribution in [0.3, 0.4) is 0 Å². The van der Waals surface area contributed by atoms with Crippen LogP contribution < -0.4 is 5.32 Å². The van der Waals surface area contributed by atoms with Crippen molar-refractivity contribution in [2.75, 3.05) is 5.32 Å². The summed E-state index contributed by atoms with van der Waals surface area (Å²) in [5.41, 5.74) is -2.06. The lowest BCUT2D eigenvalue weighted by molar-refractivity contribution is -0.141. The first-order chi connectivity index (χ1) is 15.9. The summed E-state index contributed by atoms with van der Waals surface area (Å²) in [6.07, 6.45) is -4.34. The molecule has 1 aromatic carbocycles. The monoisotopic (exact) mass is 486 g/mol. The first-order valence-electron chi connectivity index (χ1n) is 10.2. The minimum atomic E-state index is -4.77. The molecule has 0 unspecified atom stereocenters. The number of nitrogens with zero attached hydrogens (tertiary/aromatic N) is 2. The fraction of sp³-hybridized carbons (Fsp3) is 0.318. The number of aromatic nitrogens is 3. The third kappa shape index (κ3) is 4.90. The Hall–Kier alpha value is -3.44. The molecule has 1 aliphatic rings. The number of hydrogen-bond donors (Lipinski definition) is 2. The molecule has 2 aromatic heterocycles. The van der Waals surface area contributed by atoms with Crippen molar-refractivity contribution in [3.63, 3.8) is 0 Å². The first-order valence-corrected chi connectivity index (χ1v) is 10.2. The standard InChI is InChI=1S/C22H17F7N4O/c23-12-1-2-15(24)14(9-12)13-5-8-30-18(11-3-6-21(25,26)7-4-11)19(13)31-20(34)16-10-17(33-32-16)22(27,28)29/h1-2,5,8-11H,3-4,6-7H2,(H,31,34)(H,32,33). The molecule has 0 saturated heterocycles. The van der Waals surface area contributed by atoms with Crippen LogP contribution in [-0.4, -0.2) is 27.0 Å². The number of amides is 1. The second-order valence-electron chi connectivity index (χ2n) is 7.99. The molecule has 34 heavy (non-hydrogen) atoms. The van der Waals surface area contributed by atoms with E-state index in [9.17, 15) is 35.5 Å². The lowest BCUT2D eigenvalue weighted by atomic mass is 9.83. The number of hydrogen-bond acceptors (Lipinski definition) is 3. The highest BCUT2D eigenvalue weighted by molar-refractivity contribution is 6.05. The predicted octanol–water partition coefficient (Wildman–Crippen LogP) is 6.31. The van der Waals surface area contributed by atoms with E-state index in [-0.39, 0.29) is 35.3 Å². The maximum Gasteiger partial charge on any atom is 0.432 e. The summed E-state index contributed by atoms with van der Waals surface area (Å²) >= 11 is 0. The van der Waals surface area contributed by atoms with Crippen molar-refractivity contribution in [3.8, 4) is 11.1 Å². The minimum Gasteiger partial charge on any atom is -0.318 e. The van der Waals surface area contributed by atoms with Crippen LogP contribution in [0, 0.1) is 11.6 Å². The van der Waals surface area contributed by atoms with Gasteiger partial charge in [-0.1, -0.05) is 0 Å². The molecular formula is C22H17F7N4O. The zero-order valence-electron chi connectivity index (χ0n) is 17.3. The predicted molar refractivity (Wildman–Crippen MR) is 107 cm³/mol. The quantitative estimate of drug-likeness (QED) is 0.425. The van der Waals surface area contributed by atoms with Crippen molar-refractivity contribution >= 4 is 11.6 Å². The summed E-state index contributed by atoms with van der Waals surface area (Å²) in [4.78, 5) is 16.9. The summed E-state index contributed by atoms with van der Waals surface area (Å²) in [6.45, 7) is 0. The molecular weight excluding hydrogens is 469 g/mol. The topological polar surface area (TPSA) is 70.7 Å². The van der Waals surface area contributed by atoms with E-state index in [0.717, 1.165) is 18.2 Å². The highest BCUT2D eigenvalue weighted by atomic mass is 19.4. The second kappa shape index (κ2) is 8.73. The molecule has 1 aliphatic carbocycles. The highest BCUT2D eigenvalue weighted by Gasteiger charge is 2.37. The number of H-pyrrole nitrogens is 1. The van der Waals surface area contributed by atoms with Crippen LogP contribution >= 0.6 is 0 Å². The first kappa shape index (κ1) is 23.7. The number of pyridine rings is 1. The number of rotatable bonds is 4. The van der Waals surface area contributed by atoms with Gasteiger partial charge in [-0.05, 0) is 37.1 Å². The normalized spacial score (nSPS) is 16.4. The Labute approximate surface area is 188 Å². The van der Waals surface area contributed by atoms with E-state index in [2.05, 4.69) is 15.4 Å². The average molecular weight is 486 g/mol. The summed E-state index contributed by atoms with van der Waals surface area (Å²) in [5, 5.41) is 7.48. The Balaban J connectivity index is 1.77. The molecule has 180 valence electrons. The maximum absolute atomic E-state index is 14.6. The van der Waals surface area contributed by atoms with E-state index in [1.165, 1.54) is 12.3 Å². The molecule has 1 amide bonds. The Bertz CT molecular complexity index is 1210. The van der Waals surface area contributed by atoms with Crippen molar-refractivity contribution in [3.05, 3.63) is 65.2 Å². The van der Waals surface area contributed by atoms with Gasteiger partial charge in [0.25, 0.3) is 5.91 Å². The van der Waals surface area contributed by atoms with Gasteiger partial charge < -0.3 is 5.32 Å². The van der Waals surface area contributed by atoms with Gasteiger partial charge in [0.2, 0.25) is 5.92 Å². The SMILES string of the molecule is O=C(Nc1c(-c2cc(F)ccc2F)ccnc1C1CCC(F)(F)CC1)c1cc(C(F)(F)F)[nH]n1. The van der Waals surface area contributed by atoms with E-state index in [4.69, 9.17) is 0 Å². The van der Waals surface area contributed by atoms with Gasteiger partial charge in [-0.15, -0.1) is 0 Å². The van der Waals surface area contributed by atoms with Crippen LogP contribution in [-0.2, 0) is 6.18 Å². The maximum atomic E-state index is 14.6. The van der Waals surface area contributed by atoms with Gasteiger partial charge in [-0.3, -0.25) is 14.9 Å². The number of anilines is 1. The summed E-state index contributed by atoms with van der Waals surface area (Å²) < 4.78 is 94.4. The molecule has 0 spiro atoms. The molecule has 0 bridgehead atoms.